The van der Waals surface area contributed by atoms with Crippen LogP contribution in [-0.2, 0) is 0 Å². The summed E-state index contributed by atoms with van der Waals surface area (Å²) in [5.41, 5.74) is 5.60. The van der Waals surface area contributed by atoms with Gasteiger partial charge < -0.3 is 16.2 Å². The SMILES string of the molecule is CC1CCCC(CCNc2cc(C(=O)O)c(N)cc2F)C1. The second-order valence-electron chi connectivity index (χ2n) is 6.08. The molecule has 0 bridgehead atoms. The Hall–Kier alpha value is -1.78. The Kier molecular flexibility index (Phi) is 5.04. The smallest absolute Gasteiger partial charge is 0.337 e. The van der Waals surface area contributed by atoms with Gasteiger partial charge in [0.15, 0.2) is 0 Å². The third kappa shape index (κ3) is 4.09. The van der Waals surface area contributed by atoms with Crippen LogP contribution in [0.3, 0.4) is 0 Å². The minimum atomic E-state index is -1.14. The van der Waals surface area contributed by atoms with Gasteiger partial charge in [0, 0.05) is 12.2 Å². The minimum absolute atomic E-state index is 0.0494. The number of hydrogen-bond donors (Lipinski definition) is 3. The number of carboxylic acid groups (broad SMARTS) is 1. The van der Waals surface area contributed by atoms with E-state index in [0.29, 0.717) is 12.5 Å². The molecule has 1 aromatic rings. The van der Waals surface area contributed by atoms with Gasteiger partial charge in [-0.15, -0.1) is 0 Å². The first kappa shape index (κ1) is 15.6. The molecule has 2 atom stereocenters. The molecule has 0 amide bonds. The van der Waals surface area contributed by atoms with Crippen molar-refractivity contribution >= 4 is 17.3 Å². The number of aromatic carboxylic acids is 1. The van der Waals surface area contributed by atoms with E-state index < -0.39 is 11.8 Å². The van der Waals surface area contributed by atoms with Gasteiger partial charge in [-0.2, -0.15) is 0 Å². The van der Waals surface area contributed by atoms with Gasteiger partial charge >= 0.3 is 5.97 Å². The van der Waals surface area contributed by atoms with Crippen LogP contribution in [0.25, 0.3) is 0 Å². The minimum Gasteiger partial charge on any atom is -0.478 e. The molecule has 1 aliphatic carbocycles. The largest absolute Gasteiger partial charge is 0.478 e. The molecule has 0 aromatic heterocycles. The summed E-state index contributed by atoms with van der Waals surface area (Å²) in [5, 5.41) is 12.0. The third-order valence-electron chi connectivity index (χ3n) is 4.28. The predicted octanol–water partition coefficient (Wildman–Crippen LogP) is 3.73. The molecule has 116 valence electrons. The molecule has 2 unspecified atom stereocenters. The molecule has 5 heteroatoms. The molecule has 0 saturated heterocycles. The highest BCUT2D eigenvalue weighted by Gasteiger charge is 2.19. The fourth-order valence-corrected chi connectivity index (χ4v) is 3.14. The van der Waals surface area contributed by atoms with Crippen LogP contribution < -0.4 is 11.1 Å². The van der Waals surface area contributed by atoms with E-state index in [2.05, 4.69) is 12.2 Å². The number of nitrogen functional groups attached to an aromatic ring is 1. The topological polar surface area (TPSA) is 75.3 Å². The van der Waals surface area contributed by atoms with E-state index in [1.807, 2.05) is 0 Å². The Morgan fingerprint density at radius 2 is 2.24 bits per heavy atom. The number of halogens is 1. The molecule has 0 spiro atoms. The third-order valence-corrected chi connectivity index (χ3v) is 4.28. The fraction of sp³-hybridized carbons (Fsp3) is 0.562. The molecule has 1 aliphatic rings. The number of hydrogen-bond acceptors (Lipinski definition) is 3. The summed E-state index contributed by atoms with van der Waals surface area (Å²) in [6.07, 6.45) is 6.02. The van der Waals surface area contributed by atoms with Gasteiger partial charge in [-0.05, 0) is 36.8 Å². The van der Waals surface area contributed by atoms with Gasteiger partial charge in [-0.3, -0.25) is 0 Å². The number of anilines is 2. The lowest BCUT2D eigenvalue weighted by atomic mass is 9.81. The maximum absolute atomic E-state index is 13.8. The molecule has 4 nitrogen and oxygen atoms in total. The summed E-state index contributed by atoms with van der Waals surface area (Å²) in [6.45, 7) is 2.93. The maximum Gasteiger partial charge on any atom is 0.337 e. The summed E-state index contributed by atoms with van der Waals surface area (Å²) >= 11 is 0. The average Bonchev–Trinajstić information content (AvgIpc) is 2.41. The van der Waals surface area contributed by atoms with Crippen LogP contribution in [0.1, 0.15) is 49.4 Å². The van der Waals surface area contributed by atoms with E-state index in [1.54, 1.807) is 0 Å². The van der Waals surface area contributed by atoms with E-state index >= 15 is 0 Å². The molecule has 1 saturated carbocycles. The van der Waals surface area contributed by atoms with Crippen LogP contribution in [0.2, 0.25) is 0 Å². The zero-order valence-corrected chi connectivity index (χ0v) is 12.4. The molecule has 0 aliphatic heterocycles. The molecule has 2 rings (SSSR count). The predicted molar refractivity (Wildman–Crippen MR) is 82.0 cm³/mol. The number of benzene rings is 1. The molecule has 1 aromatic carbocycles. The van der Waals surface area contributed by atoms with Crippen molar-refractivity contribution in [2.45, 2.75) is 39.0 Å². The summed E-state index contributed by atoms with van der Waals surface area (Å²) in [7, 11) is 0. The monoisotopic (exact) mass is 294 g/mol. The van der Waals surface area contributed by atoms with Gasteiger partial charge in [-0.1, -0.05) is 26.2 Å². The van der Waals surface area contributed by atoms with Crippen molar-refractivity contribution in [3.63, 3.8) is 0 Å². The van der Waals surface area contributed by atoms with Gasteiger partial charge in [0.25, 0.3) is 0 Å². The second kappa shape index (κ2) is 6.78. The van der Waals surface area contributed by atoms with Crippen molar-refractivity contribution in [3.8, 4) is 0 Å². The highest BCUT2D eigenvalue weighted by molar-refractivity contribution is 5.94. The zero-order chi connectivity index (χ0) is 15.4. The lowest BCUT2D eigenvalue weighted by molar-refractivity contribution is 0.0698. The molecular formula is C16H23FN2O2. The fourth-order valence-electron chi connectivity index (χ4n) is 3.14. The normalized spacial score (nSPS) is 22.0. The van der Waals surface area contributed by atoms with Crippen LogP contribution >= 0.6 is 0 Å². The highest BCUT2D eigenvalue weighted by Crippen LogP contribution is 2.31. The Morgan fingerprint density at radius 1 is 1.48 bits per heavy atom. The average molecular weight is 294 g/mol. The van der Waals surface area contributed by atoms with Gasteiger partial charge in [-0.25, -0.2) is 9.18 Å². The van der Waals surface area contributed by atoms with Crippen molar-refractivity contribution in [3.05, 3.63) is 23.5 Å². The van der Waals surface area contributed by atoms with Gasteiger partial charge in [0.2, 0.25) is 0 Å². The molecule has 1 fully saturated rings. The molecule has 0 heterocycles. The van der Waals surface area contributed by atoms with Gasteiger partial charge in [0.05, 0.1) is 11.3 Å². The summed E-state index contributed by atoms with van der Waals surface area (Å²) in [6, 6.07) is 2.34. The highest BCUT2D eigenvalue weighted by atomic mass is 19.1. The number of carboxylic acids is 1. The first-order valence-corrected chi connectivity index (χ1v) is 7.53. The Balaban J connectivity index is 1.93. The van der Waals surface area contributed by atoms with Crippen molar-refractivity contribution in [1.82, 2.24) is 0 Å². The Labute approximate surface area is 124 Å². The van der Waals surface area contributed by atoms with Crippen LogP contribution in [0.5, 0.6) is 0 Å². The number of carbonyl (C=O) groups is 1. The Bertz CT molecular complexity index is 519. The summed E-state index contributed by atoms with van der Waals surface area (Å²) in [5.74, 6) is -0.196. The molecule has 4 N–H and O–H groups in total. The lowest BCUT2D eigenvalue weighted by Gasteiger charge is -2.26. The quantitative estimate of drug-likeness (QED) is 0.723. The van der Waals surface area contributed by atoms with Crippen molar-refractivity contribution in [2.75, 3.05) is 17.6 Å². The van der Waals surface area contributed by atoms with E-state index in [4.69, 9.17) is 10.8 Å². The summed E-state index contributed by atoms with van der Waals surface area (Å²) in [4.78, 5) is 11.0. The van der Waals surface area contributed by atoms with E-state index in [9.17, 15) is 9.18 Å². The molecule has 21 heavy (non-hydrogen) atoms. The molecule has 0 radical (unpaired) electrons. The van der Waals surface area contributed by atoms with Crippen molar-refractivity contribution in [1.29, 1.82) is 0 Å². The zero-order valence-electron chi connectivity index (χ0n) is 12.4. The Morgan fingerprint density at radius 3 is 2.90 bits per heavy atom. The maximum atomic E-state index is 13.8. The second-order valence-corrected chi connectivity index (χ2v) is 6.08. The van der Waals surface area contributed by atoms with E-state index in [0.717, 1.165) is 18.4 Å². The first-order valence-electron chi connectivity index (χ1n) is 7.53. The molecular weight excluding hydrogens is 271 g/mol. The standard InChI is InChI=1S/C16H23FN2O2/c1-10-3-2-4-11(7-10)5-6-19-15-8-12(16(20)21)14(18)9-13(15)17/h8-11,19H,2-7,18H2,1H3,(H,20,21). The first-order chi connectivity index (χ1) is 9.97. The van der Waals surface area contributed by atoms with E-state index in [-0.39, 0.29) is 16.9 Å². The number of nitrogens with two attached hydrogens (primary N) is 1. The van der Waals surface area contributed by atoms with Crippen molar-refractivity contribution < 1.29 is 14.3 Å². The lowest BCUT2D eigenvalue weighted by Crippen LogP contribution is -2.17. The number of rotatable bonds is 5. The van der Waals surface area contributed by atoms with E-state index in [1.165, 1.54) is 31.7 Å². The van der Waals surface area contributed by atoms with Crippen LogP contribution in [0.4, 0.5) is 15.8 Å². The summed E-state index contributed by atoms with van der Waals surface area (Å²) < 4.78 is 13.8. The van der Waals surface area contributed by atoms with Crippen LogP contribution in [0.15, 0.2) is 12.1 Å². The van der Waals surface area contributed by atoms with Crippen LogP contribution in [0, 0.1) is 17.7 Å². The van der Waals surface area contributed by atoms with Crippen molar-refractivity contribution in [2.24, 2.45) is 11.8 Å². The number of nitrogens with one attached hydrogen (secondary N) is 1. The van der Waals surface area contributed by atoms with Crippen LogP contribution in [-0.4, -0.2) is 17.6 Å². The van der Waals surface area contributed by atoms with Gasteiger partial charge in [0.1, 0.15) is 5.82 Å².